The van der Waals surface area contributed by atoms with Crippen molar-refractivity contribution in [2.45, 2.75) is 33.1 Å². The van der Waals surface area contributed by atoms with Crippen molar-refractivity contribution in [3.05, 3.63) is 29.8 Å². The predicted molar refractivity (Wildman–Crippen MR) is 79.4 cm³/mol. The molecule has 0 radical (unpaired) electrons. The van der Waals surface area contributed by atoms with E-state index in [-0.39, 0.29) is 24.3 Å². The van der Waals surface area contributed by atoms with Crippen LogP contribution in [0, 0.1) is 12.8 Å². The van der Waals surface area contributed by atoms with E-state index in [4.69, 9.17) is 0 Å². The van der Waals surface area contributed by atoms with Gasteiger partial charge in [-0.3, -0.25) is 9.59 Å². The minimum atomic E-state index is -0.123. The summed E-state index contributed by atoms with van der Waals surface area (Å²) >= 11 is 0. The van der Waals surface area contributed by atoms with E-state index < -0.39 is 0 Å². The number of benzene rings is 1. The zero-order chi connectivity index (χ0) is 14.5. The Morgan fingerprint density at radius 3 is 2.60 bits per heavy atom. The number of para-hydroxylation sites is 1. The molecule has 2 rings (SSSR count). The number of carbonyl (C=O) groups excluding carboxylic acids is 2. The molecule has 4 heteroatoms. The molecule has 0 unspecified atom stereocenters. The first kappa shape index (κ1) is 14.6. The number of hydrogen-bond acceptors (Lipinski definition) is 2. The Labute approximate surface area is 120 Å². The lowest BCUT2D eigenvalue weighted by atomic mass is 10.2. The van der Waals surface area contributed by atoms with Crippen molar-refractivity contribution in [2.75, 3.05) is 18.4 Å². The van der Waals surface area contributed by atoms with Crippen molar-refractivity contribution in [2.24, 2.45) is 5.92 Å². The van der Waals surface area contributed by atoms with Crippen LogP contribution in [-0.4, -0.2) is 29.8 Å². The van der Waals surface area contributed by atoms with Gasteiger partial charge in [-0.25, -0.2) is 0 Å². The molecule has 1 aromatic rings. The molecule has 0 spiro atoms. The molecular weight excluding hydrogens is 252 g/mol. The van der Waals surface area contributed by atoms with E-state index in [1.165, 1.54) is 0 Å². The summed E-state index contributed by atoms with van der Waals surface area (Å²) in [6.45, 7) is 4.77. The van der Waals surface area contributed by atoms with Gasteiger partial charge >= 0.3 is 0 Å². The molecule has 0 heterocycles. The summed E-state index contributed by atoms with van der Waals surface area (Å²) in [5, 5.41) is 2.88. The molecular formula is C16H22N2O2. The monoisotopic (exact) mass is 274 g/mol. The average Bonchev–Trinajstić information content (AvgIpc) is 3.24. The van der Waals surface area contributed by atoms with Gasteiger partial charge in [-0.1, -0.05) is 25.1 Å². The summed E-state index contributed by atoms with van der Waals surface area (Å²) < 4.78 is 0. The van der Waals surface area contributed by atoms with Gasteiger partial charge in [-0.15, -0.1) is 0 Å². The topological polar surface area (TPSA) is 49.4 Å². The third-order valence-corrected chi connectivity index (χ3v) is 3.49. The van der Waals surface area contributed by atoms with Crippen molar-refractivity contribution in [3.63, 3.8) is 0 Å². The highest BCUT2D eigenvalue weighted by molar-refractivity contribution is 5.95. The van der Waals surface area contributed by atoms with E-state index >= 15 is 0 Å². The highest BCUT2D eigenvalue weighted by Crippen LogP contribution is 2.31. The Bertz CT molecular complexity index is 495. The number of nitrogens with one attached hydrogen (secondary N) is 1. The quantitative estimate of drug-likeness (QED) is 0.866. The second kappa shape index (κ2) is 6.55. The maximum Gasteiger partial charge on any atom is 0.244 e. The van der Waals surface area contributed by atoms with Gasteiger partial charge in [0.1, 0.15) is 0 Å². The van der Waals surface area contributed by atoms with Crippen LogP contribution < -0.4 is 5.32 Å². The first-order valence-electron chi connectivity index (χ1n) is 7.26. The average molecular weight is 274 g/mol. The lowest BCUT2D eigenvalue weighted by molar-refractivity contribution is -0.135. The second-order valence-corrected chi connectivity index (χ2v) is 5.40. The van der Waals surface area contributed by atoms with Crippen molar-refractivity contribution >= 4 is 17.5 Å². The highest BCUT2D eigenvalue weighted by Gasteiger charge is 2.33. The molecule has 0 aliphatic heterocycles. The van der Waals surface area contributed by atoms with E-state index in [2.05, 4.69) is 5.32 Å². The summed E-state index contributed by atoms with van der Waals surface area (Å²) in [6.07, 6.45) is 2.81. The first-order valence-corrected chi connectivity index (χ1v) is 7.26. The van der Waals surface area contributed by atoms with Crippen molar-refractivity contribution in [1.82, 2.24) is 4.90 Å². The van der Waals surface area contributed by atoms with Crippen LogP contribution in [0.3, 0.4) is 0 Å². The summed E-state index contributed by atoms with van der Waals surface area (Å²) in [5.41, 5.74) is 1.84. The standard InChI is InChI=1S/C16H22N2O2/c1-3-10-18(16(20)13-8-9-13)11-15(19)17-14-7-5-4-6-12(14)2/h4-7,13H,3,8-11H2,1-2H3,(H,17,19). The fraction of sp³-hybridized carbons (Fsp3) is 0.500. The minimum absolute atomic E-state index is 0.123. The predicted octanol–water partition coefficient (Wildman–Crippen LogP) is 2.58. The molecule has 0 bridgehead atoms. The second-order valence-electron chi connectivity index (χ2n) is 5.40. The van der Waals surface area contributed by atoms with E-state index in [1.807, 2.05) is 38.1 Å². The molecule has 0 aromatic heterocycles. The number of nitrogens with zero attached hydrogens (tertiary/aromatic N) is 1. The molecule has 0 saturated heterocycles. The molecule has 20 heavy (non-hydrogen) atoms. The van der Waals surface area contributed by atoms with Crippen LogP contribution >= 0.6 is 0 Å². The van der Waals surface area contributed by atoms with Gasteiger partial charge in [0.2, 0.25) is 11.8 Å². The Morgan fingerprint density at radius 2 is 2.00 bits per heavy atom. The fourth-order valence-corrected chi connectivity index (χ4v) is 2.20. The smallest absolute Gasteiger partial charge is 0.244 e. The van der Waals surface area contributed by atoms with E-state index in [1.54, 1.807) is 4.90 Å². The number of hydrogen-bond donors (Lipinski definition) is 1. The number of anilines is 1. The third kappa shape index (κ3) is 3.83. The molecule has 1 N–H and O–H groups in total. The summed E-state index contributed by atoms with van der Waals surface area (Å²) in [5.74, 6) is 0.168. The summed E-state index contributed by atoms with van der Waals surface area (Å²) in [6, 6.07) is 7.65. The van der Waals surface area contributed by atoms with Crippen molar-refractivity contribution in [1.29, 1.82) is 0 Å². The fourth-order valence-electron chi connectivity index (χ4n) is 2.20. The Kier molecular flexibility index (Phi) is 4.77. The van der Waals surface area contributed by atoms with Gasteiger partial charge in [0.15, 0.2) is 0 Å². The third-order valence-electron chi connectivity index (χ3n) is 3.49. The van der Waals surface area contributed by atoms with Gasteiger partial charge < -0.3 is 10.2 Å². The molecule has 4 nitrogen and oxygen atoms in total. The molecule has 1 fully saturated rings. The number of carbonyl (C=O) groups is 2. The molecule has 2 amide bonds. The maximum atomic E-state index is 12.1. The Morgan fingerprint density at radius 1 is 1.30 bits per heavy atom. The highest BCUT2D eigenvalue weighted by atomic mass is 16.2. The van der Waals surface area contributed by atoms with E-state index in [9.17, 15) is 9.59 Å². The van der Waals surface area contributed by atoms with Crippen LogP contribution in [0.15, 0.2) is 24.3 Å². The maximum absolute atomic E-state index is 12.1. The van der Waals surface area contributed by atoms with Crippen LogP contribution in [0.1, 0.15) is 31.7 Å². The Hall–Kier alpha value is -1.84. The molecule has 1 saturated carbocycles. The number of aryl methyl sites for hydroxylation is 1. The normalized spacial score (nSPS) is 13.9. The van der Waals surface area contributed by atoms with Crippen LogP contribution in [-0.2, 0) is 9.59 Å². The lowest BCUT2D eigenvalue weighted by Crippen LogP contribution is -2.39. The van der Waals surface area contributed by atoms with E-state index in [0.29, 0.717) is 6.54 Å². The molecule has 1 aliphatic rings. The molecule has 108 valence electrons. The minimum Gasteiger partial charge on any atom is -0.333 e. The van der Waals surface area contributed by atoms with Gasteiger partial charge in [0.05, 0.1) is 6.54 Å². The van der Waals surface area contributed by atoms with Crippen LogP contribution in [0.25, 0.3) is 0 Å². The van der Waals surface area contributed by atoms with Gasteiger partial charge in [0, 0.05) is 18.2 Å². The van der Waals surface area contributed by atoms with Crippen molar-refractivity contribution in [3.8, 4) is 0 Å². The van der Waals surface area contributed by atoms with Crippen LogP contribution in [0.5, 0.6) is 0 Å². The number of rotatable bonds is 6. The summed E-state index contributed by atoms with van der Waals surface area (Å²) in [4.78, 5) is 25.9. The zero-order valence-corrected chi connectivity index (χ0v) is 12.2. The SMILES string of the molecule is CCCN(CC(=O)Nc1ccccc1C)C(=O)C1CC1. The molecule has 0 atom stereocenters. The molecule has 1 aliphatic carbocycles. The largest absolute Gasteiger partial charge is 0.333 e. The zero-order valence-electron chi connectivity index (χ0n) is 12.2. The van der Waals surface area contributed by atoms with Crippen LogP contribution in [0.2, 0.25) is 0 Å². The van der Waals surface area contributed by atoms with Crippen LogP contribution in [0.4, 0.5) is 5.69 Å². The Balaban J connectivity index is 1.94. The van der Waals surface area contributed by atoms with Gasteiger partial charge in [-0.05, 0) is 37.8 Å². The van der Waals surface area contributed by atoms with Gasteiger partial charge in [-0.2, -0.15) is 0 Å². The van der Waals surface area contributed by atoms with Gasteiger partial charge in [0.25, 0.3) is 0 Å². The van der Waals surface area contributed by atoms with Crippen molar-refractivity contribution < 1.29 is 9.59 Å². The summed E-state index contributed by atoms with van der Waals surface area (Å²) in [7, 11) is 0. The lowest BCUT2D eigenvalue weighted by Gasteiger charge is -2.21. The molecule has 1 aromatic carbocycles. The van der Waals surface area contributed by atoms with E-state index in [0.717, 1.165) is 30.5 Å². The number of amides is 2. The first-order chi connectivity index (χ1) is 9.61.